The van der Waals surface area contributed by atoms with Crippen molar-refractivity contribution in [3.63, 3.8) is 0 Å². The first-order chi connectivity index (χ1) is 17.0. The first kappa shape index (κ1) is 23.6. The molecule has 35 heavy (non-hydrogen) atoms. The number of halogens is 1. The van der Waals surface area contributed by atoms with Crippen molar-refractivity contribution in [1.82, 2.24) is 0 Å². The number of amides is 2. The van der Waals surface area contributed by atoms with Gasteiger partial charge in [0.1, 0.15) is 5.75 Å². The molecule has 1 aromatic heterocycles. The number of hydrogen-bond donors (Lipinski definition) is 2. The van der Waals surface area contributed by atoms with Crippen LogP contribution in [0.5, 0.6) is 11.5 Å². The maximum Gasteiger partial charge on any atom is 0.340 e. The van der Waals surface area contributed by atoms with Crippen LogP contribution in [0.3, 0.4) is 0 Å². The molecule has 0 saturated heterocycles. The number of anilines is 2. The van der Waals surface area contributed by atoms with E-state index in [4.69, 9.17) is 25.5 Å². The molecule has 0 aliphatic rings. The normalized spacial score (nSPS) is 10.3. The number of rotatable bonds is 8. The molecule has 0 bridgehead atoms. The average molecular weight is 491 g/mol. The van der Waals surface area contributed by atoms with Crippen molar-refractivity contribution in [2.45, 2.75) is 0 Å². The van der Waals surface area contributed by atoms with E-state index >= 15 is 0 Å². The molecule has 1 heterocycles. The molecule has 0 fully saturated rings. The second-order valence-electron chi connectivity index (χ2n) is 7.16. The molecule has 176 valence electrons. The van der Waals surface area contributed by atoms with Crippen molar-refractivity contribution in [3.8, 4) is 11.5 Å². The summed E-state index contributed by atoms with van der Waals surface area (Å²) in [6.07, 6.45) is 1.36. The molecule has 0 unspecified atom stereocenters. The molecule has 0 radical (unpaired) electrons. The van der Waals surface area contributed by atoms with Crippen molar-refractivity contribution in [1.29, 1.82) is 0 Å². The third-order valence-electron chi connectivity index (χ3n) is 4.66. The van der Waals surface area contributed by atoms with E-state index in [1.165, 1.54) is 30.5 Å². The average Bonchev–Trinajstić information content (AvgIpc) is 3.41. The van der Waals surface area contributed by atoms with E-state index in [1.807, 2.05) is 18.2 Å². The Labute approximate surface area is 205 Å². The van der Waals surface area contributed by atoms with E-state index in [0.29, 0.717) is 22.2 Å². The van der Waals surface area contributed by atoms with Gasteiger partial charge in [0.05, 0.1) is 23.2 Å². The molecule has 9 heteroatoms. The number of nitrogens with one attached hydrogen (secondary N) is 2. The predicted octanol–water partition coefficient (Wildman–Crippen LogP) is 5.77. The van der Waals surface area contributed by atoms with Gasteiger partial charge in [0.15, 0.2) is 18.1 Å². The van der Waals surface area contributed by atoms with Crippen molar-refractivity contribution >= 4 is 40.8 Å². The fourth-order valence-electron chi connectivity index (χ4n) is 3.06. The summed E-state index contributed by atoms with van der Waals surface area (Å²) in [5.74, 6) is -0.892. The van der Waals surface area contributed by atoms with Crippen molar-refractivity contribution in [3.05, 3.63) is 108 Å². The van der Waals surface area contributed by atoms with Crippen LogP contribution in [0.15, 0.2) is 95.6 Å². The van der Waals surface area contributed by atoms with Gasteiger partial charge >= 0.3 is 5.97 Å². The minimum atomic E-state index is -0.789. The summed E-state index contributed by atoms with van der Waals surface area (Å²) >= 11 is 6.07. The summed E-state index contributed by atoms with van der Waals surface area (Å²) in [5.41, 5.74) is 0.609. The van der Waals surface area contributed by atoms with Gasteiger partial charge in [-0.2, -0.15) is 0 Å². The van der Waals surface area contributed by atoms with Gasteiger partial charge in [0.2, 0.25) is 0 Å². The minimum Gasteiger partial charge on any atom is -0.459 e. The standard InChI is InChI=1S/C26H19ClN2O6/c27-17-12-13-22(35-18-7-2-1-3-8-18)21(15-17)28-24(30)16-34-26(32)19-9-4-5-10-20(19)29-25(31)23-11-6-14-33-23/h1-15H,16H2,(H,28,30)(H,29,31). The topological polar surface area (TPSA) is 107 Å². The van der Waals surface area contributed by atoms with E-state index in [9.17, 15) is 14.4 Å². The Morgan fingerprint density at radius 2 is 1.60 bits per heavy atom. The zero-order valence-corrected chi connectivity index (χ0v) is 19.0. The Bertz CT molecular complexity index is 1340. The highest BCUT2D eigenvalue weighted by Gasteiger charge is 2.18. The van der Waals surface area contributed by atoms with Gasteiger partial charge < -0.3 is 24.5 Å². The fourth-order valence-corrected chi connectivity index (χ4v) is 3.23. The van der Waals surface area contributed by atoms with Crippen molar-refractivity contribution < 1.29 is 28.3 Å². The van der Waals surface area contributed by atoms with E-state index in [2.05, 4.69) is 10.6 Å². The maximum absolute atomic E-state index is 12.6. The van der Waals surface area contributed by atoms with E-state index in [-0.39, 0.29) is 17.0 Å². The van der Waals surface area contributed by atoms with Gasteiger partial charge in [-0.15, -0.1) is 0 Å². The second kappa shape index (κ2) is 11.0. The molecule has 0 saturated carbocycles. The molecule has 3 aromatic carbocycles. The zero-order chi connectivity index (χ0) is 24.6. The van der Waals surface area contributed by atoms with Crippen LogP contribution in [0, 0.1) is 0 Å². The molecule has 8 nitrogen and oxygen atoms in total. The molecule has 0 aliphatic carbocycles. The molecule has 4 aromatic rings. The number of benzene rings is 3. The predicted molar refractivity (Wildman–Crippen MR) is 130 cm³/mol. The lowest BCUT2D eigenvalue weighted by molar-refractivity contribution is -0.119. The summed E-state index contributed by atoms with van der Waals surface area (Å²) in [6.45, 7) is -0.573. The van der Waals surface area contributed by atoms with Gasteiger partial charge in [-0.25, -0.2) is 4.79 Å². The Morgan fingerprint density at radius 3 is 2.37 bits per heavy atom. The SMILES string of the molecule is O=C(COC(=O)c1ccccc1NC(=O)c1ccco1)Nc1cc(Cl)ccc1Oc1ccccc1. The number of hydrogen-bond acceptors (Lipinski definition) is 6. The first-order valence-electron chi connectivity index (χ1n) is 10.4. The van der Waals surface area contributed by atoms with Crippen LogP contribution in [-0.2, 0) is 9.53 Å². The van der Waals surface area contributed by atoms with Crippen LogP contribution in [0.2, 0.25) is 5.02 Å². The summed E-state index contributed by atoms with van der Waals surface area (Å²) in [6, 6.07) is 23.1. The first-order valence-corrected chi connectivity index (χ1v) is 10.8. The third kappa shape index (κ3) is 6.27. The molecular formula is C26H19ClN2O6. The van der Waals surface area contributed by atoms with E-state index in [0.717, 1.165) is 0 Å². The number of para-hydroxylation sites is 2. The van der Waals surface area contributed by atoms with Crippen LogP contribution < -0.4 is 15.4 Å². The van der Waals surface area contributed by atoms with Gasteiger partial charge in [-0.3, -0.25) is 9.59 Å². The Kier molecular flexibility index (Phi) is 7.44. The van der Waals surface area contributed by atoms with Gasteiger partial charge in [0.25, 0.3) is 11.8 Å². The molecule has 0 atom stereocenters. The van der Waals surface area contributed by atoms with E-state index < -0.39 is 24.4 Å². The fraction of sp³-hybridized carbons (Fsp3) is 0.0385. The summed E-state index contributed by atoms with van der Waals surface area (Å²) in [7, 11) is 0. The number of carbonyl (C=O) groups is 3. The number of carbonyl (C=O) groups excluding carboxylic acids is 3. The summed E-state index contributed by atoms with van der Waals surface area (Å²) in [5, 5.41) is 5.62. The quantitative estimate of drug-likeness (QED) is 0.303. The van der Waals surface area contributed by atoms with Crippen molar-refractivity contribution in [2.24, 2.45) is 0 Å². The van der Waals surface area contributed by atoms with Crippen LogP contribution in [-0.4, -0.2) is 24.4 Å². The van der Waals surface area contributed by atoms with Crippen LogP contribution in [0.25, 0.3) is 0 Å². The number of furan rings is 1. The van der Waals surface area contributed by atoms with Crippen LogP contribution in [0.4, 0.5) is 11.4 Å². The third-order valence-corrected chi connectivity index (χ3v) is 4.90. The van der Waals surface area contributed by atoms with Crippen LogP contribution in [0.1, 0.15) is 20.9 Å². The maximum atomic E-state index is 12.6. The lowest BCUT2D eigenvalue weighted by Gasteiger charge is -2.13. The number of ether oxygens (including phenoxy) is 2. The molecule has 2 N–H and O–H groups in total. The molecule has 2 amide bonds. The molecule has 0 spiro atoms. The highest BCUT2D eigenvalue weighted by atomic mass is 35.5. The van der Waals surface area contributed by atoms with Gasteiger partial charge in [0, 0.05) is 5.02 Å². The summed E-state index contributed by atoms with van der Waals surface area (Å²) in [4.78, 5) is 37.4. The summed E-state index contributed by atoms with van der Waals surface area (Å²) < 4.78 is 16.0. The van der Waals surface area contributed by atoms with Crippen LogP contribution >= 0.6 is 11.6 Å². The van der Waals surface area contributed by atoms with Gasteiger partial charge in [-0.05, 0) is 54.6 Å². The number of esters is 1. The highest BCUT2D eigenvalue weighted by Crippen LogP contribution is 2.32. The van der Waals surface area contributed by atoms with E-state index in [1.54, 1.807) is 42.5 Å². The Hall–Kier alpha value is -4.56. The minimum absolute atomic E-state index is 0.0797. The lowest BCUT2D eigenvalue weighted by atomic mass is 10.1. The lowest BCUT2D eigenvalue weighted by Crippen LogP contribution is -2.22. The van der Waals surface area contributed by atoms with Crippen molar-refractivity contribution in [2.75, 3.05) is 17.2 Å². The Balaban J connectivity index is 1.40. The van der Waals surface area contributed by atoms with Gasteiger partial charge in [-0.1, -0.05) is 41.9 Å². The molecular weight excluding hydrogens is 472 g/mol. The molecule has 0 aliphatic heterocycles. The zero-order valence-electron chi connectivity index (χ0n) is 18.2. The Morgan fingerprint density at radius 1 is 0.829 bits per heavy atom. The largest absolute Gasteiger partial charge is 0.459 e. The monoisotopic (exact) mass is 490 g/mol. The second-order valence-corrected chi connectivity index (χ2v) is 7.59. The highest BCUT2D eigenvalue weighted by molar-refractivity contribution is 6.31. The molecule has 4 rings (SSSR count). The smallest absolute Gasteiger partial charge is 0.340 e.